The minimum atomic E-state index is -4.85. The third kappa shape index (κ3) is 5.30. The molecule has 1 aliphatic rings. The smallest absolute Gasteiger partial charge is 0.369 e. The Hall–Kier alpha value is -1.36. The lowest BCUT2D eigenvalue weighted by molar-refractivity contribution is -0.139. The maximum atomic E-state index is 13.1. The molecule has 11 heteroatoms. The summed E-state index contributed by atoms with van der Waals surface area (Å²) in [6.45, 7) is 0.903. The summed E-state index contributed by atoms with van der Waals surface area (Å²) in [5, 5.41) is -0.203. The molecule has 3 N–H and O–H groups in total. The Morgan fingerprint density at radius 3 is 2.44 bits per heavy atom. The highest BCUT2D eigenvalue weighted by molar-refractivity contribution is 7.89. The summed E-state index contributed by atoms with van der Waals surface area (Å²) in [5.41, 5.74) is 3.79. The van der Waals surface area contributed by atoms with Gasteiger partial charge in [0.2, 0.25) is 15.9 Å². The normalized spacial score (nSPS) is 17.6. The molecule has 1 saturated heterocycles. The van der Waals surface area contributed by atoms with Crippen molar-refractivity contribution in [1.82, 2.24) is 9.62 Å². The number of rotatable bonds is 5. The fourth-order valence-corrected chi connectivity index (χ4v) is 4.36. The van der Waals surface area contributed by atoms with Crippen molar-refractivity contribution >= 4 is 27.5 Å². The van der Waals surface area contributed by atoms with Crippen molar-refractivity contribution in [3.8, 4) is 0 Å². The Bertz CT molecular complexity index is 747. The van der Waals surface area contributed by atoms with Crippen molar-refractivity contribution in [2.24, 2.45) is 5.73 Å². The van der Waals surface area contributed by atoms with Crippen molar-refractivity contribution in [3.05, 3.63) is 28.8 Å². The number of nitrogens with two attached hydrogens (primary N) is 1. The number of carbonyl (C=O) groups is 1. The quantitative estimate of drug-likeness (QED) is 0.786. The number of benzene rings is 1. The number of carbonyl (C=O) groups excluding carboxylic acids is 1. The predicted molar refractivity (Wildman–Crippen MR) is 85.4 cm³/mol. The highest BCUT2D eigenvalue weighted by atomic mass is 35.5. The van der Waals surface area contributed by atoms with Gasteiger partial charge in [-0.15, -0.1) is 0 Å². The second-order valence-electron chi connectivity index (χ2n) is 5.78. The van der Waals surface area contributed by atoms with Crippen LogP contribution in [0.25, 0.3) is 0 Å². The molecule has 6 nitrogen and oxygen atoms in total. The minimum Gasteiger partial charge on any atom is -0.369 e. The molecular weight excluding hydrogens is 383 g/mol. The Kier molecular flexibility index (Phi) is 5.97. The van der Waals surface area contributed by atoms with Crippen molar-refractivity contribution in [3.63, 3.8) is 0 Å². The molecule has 0 unspecified atom stereocenters. The highest BCUT2D eigenvalue weighted by Crippen LogP contribution is 2.36. The zero-order chi connectivity index (χ0) is 18.8. The lowest BCUT2D eigenvalue weighted by Crippen LogP contribution is -2.46. The third-order valence-electron chi connectivity index (χ3n) is 3.83. The molecule has 0 atom stereocenters. The van der Waals surface area contributed by atoms with Gasteiger partial charge in [-0.05, 0) is 31.0 Å². The SMILES string of the molecule is NC(=O)CN1CCC(NS(=O)(=O)c2ccc(Cl)cc2C(F)(F)F)CC1. The Morgan fingerprint density at radius 1 is 1.32 bits per heavy atom. The van der Waals surface area contributed by atoms with Crippen LogP contribution in [-0.4, -0.2) is 44.9 Å². The number of likely N-dealkylation sites (tertiary alicyclic amines) is 1. The van der Waals surface area contributed by atoms with Gasteiger partial charge < -0.3 is 5.73 Å². The Balaban J connectivity index is 2.15. The van der Waals surface area contributed by atoms with E-state index in [9.17, 15) is 26.4 Å². The molecule has 0 radical (unpaired) electrons. The molecule has 1 fully saturated rings. The standard InChI is InChI=1S/C14H17ClF3N3O3S/c15-9-1-2-12(11(7-9)14(16,17)18)25(23,24)20-10-3-5-21(6-4-10)8-13(19)22/h1-2,7,10,20H,3-6,8H2,(H2,19,22). The summed E-state index contributed by atoms with van der Waals surface area (Å²) >= 11 is 5.56. The average Bonchev–Trinajstić information content (AvgIpc) is 2.47. The van der Waals surface area contributed by atoms with E-state index in [1.165, 1.54) is 0 Å². The van der Waals surface area contributed by atoms with Crippen LogP contribution in [0.4, 0.5) is 13.2 Å². The van der Waals surface area contributed by atoms with Crippen LogP contribution in [0.15, 0.2) is 23.1 Å². The van der Waals surface area contributed by atoms with Gasteiger partial charge in [0.05, 0.1) is 17.0 Å². The topological polar surface area (TPSA) is 92.5 Å². The first kappa shape index (κ1) is 20.0. The van der Waals surface area contributed by atoms with Gasteiger partial charge in [0.15, 0.2) is 0 Å². The van der Waals surface area contributed by atoms with Crippen molar-refractivity contribution in [2.75, 3.05) is 19.6 Å². The van der Waals surface area contributed by atoms with E-state index in [0.717, 1.165) is 12.1 Å². The van der Waals surface area contributed by atoms with E-state index in [4.69, 9.17) is 17.3 Å². The fourth-order valence-electron chi connectivity index (χ4n) is 2.67. The third-order valence-corrected chi connectivity index (χ3v) is 5.64. The van der Waals surface area contributed by atoms with Crippen molar-refractivity contribution in [1.29, 1.82) is 0 Å². The summed E-state index contributed by atoms with van der Waals surface area (Å²) in [5.74, 6) is -0.491. The molecule has 25 heavy (non-hydrogen) atoms. The van der Waals surface area contributed by atoms with Crippen molar-refractivity contribution < 1.29 is 26.4 Å². The van der Waals surface area contributed by atoms with Crippen LogP contribution in [0, 0.1) is 0 Å². The lowest BCUT2D eigenvalue weighted by Gasteiger charge is -2.31. The van der Waals surface area contributed by atoms with Gasteiger partial charge in [0.25, 0.3) is 0 Å². The van der Waals surface area contributed by atoms with E-state index >= 15 is 0 Å². The molecular formula is C14H17ClF3N3O3S. The second-order valence-corrected chi connectivity index (χ2v) is 7.90. The number of sulfonamides is 1. The number of hydrogen-bond acceptors (Lipinski definition) is 4. The molecule has 0 aromatic heterocycles. The number of hydrogen-bond donors (Lipinski definition) is 2. The summed E-state index contributed by atoms with van der Waals surface area (Å²) < 4.78 is 66.4. The minimum absolute atomic E-state index is 0.0644. The fraction of sp³-hybridized carbons (Fsp3) is 0.500. The molecule has 1 aromatic carbocycles. The molecule has 0 spiro atoms. The number of alkyl halides is 3. The molecule has 2 rings (SSSR count). The zero-order valence-corrected chi connectivity index (χ0v) is 14.6. The van der Waals surface area contributed by atoms with Gasteiger partial charge in [0, 0.05) is 24.2 Å². The van der Waals surface area contributed by atoms with Crippen LogP contribution in [0.5, 0.6) is 0 Å². The van der Waals surface area contributed by atoms with E-state index in [2.05, 4.69) is 4.72 Å². The molecule has 0 saturated carbocycles. The van der Waals surface area contributed by atoms with Gasteiger partial charge in [-0.25, -0.2) is 13.1 Å². The molecule has 140 valence electrons. The van der Waals surface area contributed by atoms with Gasteiger partial charge >= 0.3 is 6.18 Å². The first-order chi connectivity index (χ1) is 11.5. The maximum absolute atomic E-state index is 13.1. The Morgan fingerprint density at radius 2 is 1.92 bits per heavy atom. The molecule has 1 amide bonds. The van der Waals surface area contributed by atoms with Crippen molar-refractivity contribution in [2.45, 2.75) is 30.0 Å². The number of primary amides is 1. The number of halogens is 4. The molecule has 0 bridgehead atoms. The van der Waals surface area contributed by atoms with Crippen LogP contribution in [0.2, 0.25) is 5.02 Å². The largest absolute Gasteiger partial charge is 0.417 e. The average molecular weight is 400 g/mol. The monoisotopic (exact) mass is 399 g/mol. The number of amides is 1. The first-order valence-corrected chi connectivity index (χ1v) is 9.25. The summed E-state index contributed by atoms with van der Waals surface area (Å²) in [4.78, 5) is 11.8. The van der Waals surface area contributed by atoms with Crippen LogP contribution in [-0.2, 0) is 21.0 Å². The summed E-state index contributed by atoms with van der Waals surface area (Å²) in [6.07, 6.45) is -4.12. The van der Waals surface area contributed by atoms with Gasteiger partial charge in [-0.1, -0.05) is 11.6 Å². The lowest BCUT2D eigenvalue weighted by atomic mass is 10.1. The zero-order valence-electron chi connectivity index (χ0n) is 13.0. The summed E-state index contributed by atoms with van der Waals surface area (Å²) in [7, 11) is -4.37. The molecule has 1 aromatic rings. The Labute approximate surface area is 148 Å². The summed E-state index contributed by atoms with van der Waals surface area (Å²) in [6, 6.07) is 2.01. The first-order valence-electron chi connectivity index (χ1n) is 7.39. The number of nitrogens with one attached hydrogen (secondary N) is 1. The van der Waals surface area contributed by atoms with E-state index in [1.54, 1.807) is 4.90 Å². The van der Waals surface area contributed by atoms with E-state index < -0.39 is 38.6 Å². The molecule has 1 aliphatic heterocycles. The van der Waals surface area contributed by atoms with Crippen LogP contribution < -0.4 is 10.5 Å². The number of piperidine rings is 1. The van der Waals surface area contributed by atoms with Crippen LogP contribution in [0.1, 0.15) is 18.4 Å². The predicted octanol–water partition coefficient (Wildman–Crippen LogP) is 1.59. The highest BCUT2D eigenvalue weighted by Gasteiger charge is 2.38. The van der Waals surface area contributed by atoms with Gasteiger partial charge in [-0.3, -0.25) is 9.69 Å². The van der Waals surface area contributed by atoms with Gasteiger partial charge in [-0.2, -0.15) is 13.2 Å². The van der Waals surface area contributed by atoms with Crippen LogP contribution >= 0.6 is 11.6 Å². The van der Waals surface area contributed by atoms with Crippen LogP contribution in [0.3, 0.4) is 0 Å². The van der Waals surface area contributed by atoms with E-state index in [0.29, 0.717) is 32.0 Å². The molecule has 1 heterocycles. The second kappa shape index (κ2) is 7.48. The maximum Gasteiger partial charge on any atom is 0.417 e. The van der Waals surface area contributed by atoms with E-state index in [1.807, 2.05) is 0 Å². The molecule has 0 aliphatic carbocycles. The van der Waals surface area contributed by atoms with E-state index in [-0.39, 0.29) is 11.6 Å². The van der Waals surface area contributed by atoms with Gasteiger partial charge in [0.1, 0.15) is 0 Å². The number of nitrogens with zero attached hydrogens (tertiary/aromatic N) is 1.